The van der Waals surface area contributed by atoms with Crippen molar-refractivity contribution in [3.8, 4) is 0 Å². The van der Waals surface area contributed by atoms with E-state index in [2.05, 4.69) is 66.0 Å². The zero-order chi connectivity index (χ0) is 11.1. The van der Waals surface area contributed by atoms with Crippen LogP contribution in [-0.4, -0.2) is 16.1 Å². The highest BCUT2D eigenvalue weighted by Gasteiger charge is 2.09. The first-order valence-electron chi connectivity index (χ1n) is 5.89. The zero-order valence-electron chi connectivity index (χ0n) is 9.47. The summed E-state index contributed by atoms with van der Waals surface area (Å²) in [7, 11) is 0. The molecule has 0 radical (unpaired) electrons. The molecule has 0 saturated carbocycles. The third-order valence-electron chi connectivity index (χ3n) is 2.59. The van der Waals surface area contributed by atoms with Gasteiger partial charge >= 0.3 is 0 Å². The normalized spacial score (nSPS) is 18.0. The minimum atomic E-state index is 0.713. The fraction of sp³-hybridized carbons (Fsp3) is 0.429. The van der Waals surface area contributed by atoms with Crippen LogP contribution in [0.5, 0.6) is 0 Å². The van der Waals surface area contributed by atoms with E-state index in [4.69, 9.17) is 0 Å². The van der Waals surface area contributed by atoms with Gasteiger partial charge in [0.2, 0.25) is 0 Å². The van der Waals surface area contributed by atoms with Crippen LogP contribution in [0.4, 0.5) is 0 Å². The van der Waals surface area contributed by atoms with Crippen molar-refractivity contribution in [2.75, 3.05) is 11.5 Å². The molecule has 1 aromatic rings. The van der Waals surface area contributed by atoms with Crippen molar-refractivity contribution in [3.63, 3.8) is 0 Å². The van der Waals surface area contributed by atoms with Crippen molar-refractivity contribution in [1.82, 2.24) is 0 Å². The van der Waals surface area contributed by atoms with Gasteiger partial charge in [-0.3, -0.25) is 0 Å². The molecule has 1 aromatic carbocycles. The lowest BCUT2D eigenvalue weighted by molar-refractivity contribution is 0.998. The smallest absolute Gasteiger partial charge is 0.0682 e. The van der Waals surface area contributed by atoms with Crippen molar-refractivity contribution in [1.29, 1.82) is 0 Å². The van der Waals surface area contributed by atoms with Gasteiger partial charge in [0.15, 0.2) is 0 Å². The molecule has 0 nitrogen and oxygen atoms in total. The van der Waals surface area contributed by atoms with Crippen molar-refractivity contribution < 1.29 is 0 Å². The largest absolute Gasteiger partial charge is 0.143 e. The van der Waals surface area contributed by atoms with Gasteiger partial charge in [0.25, 0.3) is 0 Å². The lowest BCUT2D eigenvalue weighted by atomic mass is 10.1. The molecule has 86 valence electrons. The van der Waals surface area contributed by atoms with Crippen LogP contribution in [-0.2, 0) is 6.42 Å². The number of allylic oxidation sites excluding steroid dienone is 1. The maximum Gasteiger partial charge on any atom is 0.0682 e. The number of hydrogen-bond acceptors (Lipinski definition) is 2. The first-order valence-corrected chi connectivity index (χ1v) is 7.99. The highest BCUT2D eigenvalue weighted by molar-refractivity contribution is 8.17. The van der Waals surface area contributed by atoms with E-state index in [-0.39, 0.29) is 0 Å². The Labute approximate surface area is 107 Å². The van der Waals surface area contributed by atoms with Crippen LogP contribution in [0, 0.1) is 0 Å². The molecular formula is C14H18S2. The molecule has 1 fully saturated rings. The summed E-state index contributed by atoms with van der Waals surface area (Å²) in [5.74, 6) is 2.67. The summed E-state index contributed by atoms with van der Waals surface area (Å²) in [6, 6.07) is 10.7. The fourth-order valence-electron chi connectivity index (χ4n) is 1.72. The van der Waals surface area contributed by atoms with Crippen LogP contribution >= 0.6 is 23.5 Å². The van der Waals surface area contributed by atoms with Crippen LogP contribution in [0.15, 0.2) is 42.5 Å². The standard InChI is InChI=1S/C14H18S2/c1-2-7-13(8-3-1)9-4-5-10-14-15-11-6-12-16-14/h1-3,5,7-8,10,14H,4,6,9,11-12H2/b10-5+. The van der Waals surface area contributed by atoms with E-state index >= 15 is 0 Å². The Morgan fingerprint density at radius 1 is 1.12 bits per heavy atom. The Balaban J connectivity index is 1.69. The lowest BCUT2D eigenvalue weighted by Crippen LogP contribution is -2.03. The minimum Gasteiger partial charge on any atom is -0.143 e. The number of rotatable bonds is 4. The molecule has 0 spiro atoms. The molecule has 0 aliphatic carbocycles. The van der Waals surface area contributed by atoms with E-state index in [0.29, 0.717) is 4.58 Å². The summed E-state index contributed by atoms with van der Waals surface area (Å²) in [6.45, 7) is 0. The van der Waals surface area contributed by atoms with E-state index in [1.807, 2.05) is 0 Å². The fourth-order valence-corrected chi connectivity index (χ4v) is 4.40. The van der Waals surface area contributed by atoms with Crippen molar-refractivity contribution in [2.24, 2.45) is 0 Å². The van der Waals surface area contributed by atoms with E-state index in [1.54, 1.807) is 0 Å². The Morgan fingerprint density at radius 2 is 1.88 bits per heavy atom. The topological polar surface area (TPSA) is 0 Å². The number of thioether (sulfide) groups is 2. The van der Waals surface area contributed by atoms with Crippen molar-refractivity contribution >= 4 is 23.5 Å². The maximum atomic E-state index is 2.39. The SMILES string of the molecule is C(=C\C1SCCCS1)/CCc1ccccc1. The van der Waals surface area contributed by atoms with Crippen LogP contribution in [0.3, 0.4) is 0 Å². The number of benzene rings is 1. The summed E-state index contributed by atoms with van der Waals surface area (Å²) in [4.78, 5) is 0. The second-order valence-electron chi connectivity index (χ2n) is 3.92. The Bertz CT molecular complexity index is 313. The van der Waals surface area contributed by atoms with Gasteiger partial charge in [-0.1, -0.05) is 42.5 Å². The first-order chi connectivity index (χ1) is 7.95. The maximum absolute atomic E-state index is 2.39. The predicted molar refractivity (Wildman–Crippen MR) is 77.2 cm³/mol. The quantitative estimate of drug-likeness (QED) is 0.728. The van der Waals surface area contributed by atoms with E-state index < -0.39 is 0 Å². The molecule has 0 aromatic heterocycles. The third kappa shape index (κ3) is 4.26. The van der Waals surface area contributed by atoms with Crippen molar-refractivity contribution in [3.05, 3.63) is 48.0 Å². The van der Waals surface area contributed by atoms with Gasteiger partial charge in [0.1, 0.15) is 0 Å². The first kappa shape index (κ1) is 12.1. The molecule has 16 heavy (non-hydrogen) atoms. The van der Waals surface area contributed by atoms with Gasteiger partial charge in [-0.15, -0.1) is 23.5 Å². The van der Waals surface area contributed by atoms with Gasteiger partial charge in [-0.05, 0) is 36.3 Å². The van der Waals surface area contributed by atoms with Gasteiger partial charge in [0.05, 0.1) is 4.58 Å². The molecule has 1 aliphatic rings. The van der Waals surface area contributed by atoms with Gasteiger partial charge in [-0.2, -0.15) is 0 Å². The van der Waals surface area contributed by atoms with Crippen LogP contribution in [0.25, 0.3) is 0 Å². The molecular weight excluding hydrogens is 232 g/mol. The summed E-state index contributed by atoms with van der Waals surface area (Å²) in [5, 5.41) is 0. The van der Waals surface area contributed by atoms with Crippen LogP contribution in [0.2, 0.25) is 0 Å². The van der Waals surface area contributed by atoms with Gasteiger partial charge < -0.3 is 0 Å². The molecule has 0 unspecified atom stereocenters. The monoisotopic (exact) mass is 250 g/mol. The third-order valence-corrected chi connectivity index (χ3v) is 5.43. The molecule has 0 atom stereocenters. The van der Waals surface area contributed by atoms with Crippen molar-refractivity contribution in [2.45, 2.75) is 23.8 Å². The summed E-state index contributed by atoms with van der Waals surface area (Å²) >= 11 is 4.17. The minimum absolute atomic E-state index is 0.713. The van der Waals surface area contributed by atoms with E-state index in [9.17, 15) is 0 Å². The molecule has 1 aliphatic heterocycles. The van der Waals surface area contributed by atoms with E-state index in [1.165, 1.54) is 36.3 Å². The Kier molecular flexibility index (Phi) is 5.36. The average Bonchev–Trinajstić information content (AvgIpc) is 2.37. The summed E-state index contributed by atoms with van der Waals surface area (Å²) in [5.41, 5.74) is 1.44. The van der Waals surface area contributed by atoms with Gasteiger partial charge in [0, 0.05) is 0 Å². The molecule has 0 bridgehead atoms. The Hall–Kier alpha value is -0.340. The van der Waals surface area contributed by atoms with Gasteiger partial charge in [-0.25, -0.2) is 0 Å². The van der Waals surface area contributed by atoms with E-state index in [0.717, 1.165) is 0 Å². The molecule has 0 N–H and O–H groups in total. The average molecular weight is 250 g/mol. The highest BCUT2D eigenvalue weighted by Crippen LogP contribution is 2.31. The predicted octanol–water partition coefficient (Wildman–Crippen LogP) is 4.37. The second kappa shape index (κ2) is 7.08. The molecule has 1 heterocycles. The molecule has 2 rings (SSSR count). The van der Waals surface area contributed by atoms with Crippen LogP contribution < -0.4 is 0 Å². The second-order valence-corrected chi connectivity index (χ2v) is 6.71. The zero-order valence-corrected chi connectivity index (χ0v) is 11.1. The number of aryl methyl sites for hydroxylation is 1. The van der Waals surface area contributed by atoms with Crippen LogP contribution in [0.1, 0.15) is 18.4 Å². The lowest BCUT2D eigenvalue weighted by Gasteiger charge is -2.17. The highest BCUT2D eigenvalue weighted by atomic mass is 32.2. The summed E-state index contributed by atoms with van der Waals surface area (Å²) < 4.78 is 0.713. The number of hydrogen-bond donors (Lipinski definition) is 0. The molecule has 1 saturated heterocycles. The molecule has 0 amide bonds. The molecule has 2 heteroatoms. The Morgan fingerprint density at radius 3 is 2.62 bits per heavy atom. The summed E-state index contributed by atoms with van der Waals surface area (Å²) in [6.07, 6.45) is 8.45.